The van der Waals surface area contributed by atoms with Crippen molar-refractivity contribution in [1.29, 1.82) is 0 Å². The molecule has 0 radical (unpaired) electrons. The van der Waals surface area contributed by atoms with E-state index in [1.807, 2.05) is 19.3 Å². The molecular weight excluding hydrogens is 278 g/mol. The molecule has 1 aromatic heterocycles. The lowest BCUT2D eigenvalue weighted by Crippen LogP contribution is -2.17. The summed E-state index contributed by atoms with van der Waals surface area (Å²) in [7, 11) is 0. The molecule has 0 aliphatic carbocycles. The van der Waals surface area contributed by atoms with Crippen LogP contribution in [-0.4, -0.2) is 16.0 Å². The molecule has 4 heteroatoms. The van der Waals surface area contributed by atoms with E-state index in [1.165, 1.54) is 10.8 Å². The lowest BCUT2D eigenvalue weighted by Gasteiger charge is -2.05. The molecule has 0 spiro atoms. The van der Waals surface area contributed by atoms with Gasteiger partial charge in [0, 0.05) is 23.3 Å². The van der Waals surface area contributed by atoms with Gasteiger partial charge in [-0.1, -0.05) is 30.3 Å². The third kappa shape index (κ3) is 3.60. The van der Waals surface area contributed by atoms with Crippen LogP contribution in [-0.2, 0) is 6.42 Å². The van der Waals surface area contributed by atoms with Gasteiger partial charge in [-0.3, -0.25) is 0 Å². The number of aromatic nitrogens is 2. The number of fused-ring (bicyclic) bond motifs is 1. The van der Waals surface area contributed by atoms with E-state index in [1.54, 1.807) is 11.8 Å². The summed E-state index contributed by atoms with van der Waals surface area (Å²) < 4.78 is 0. The second kappa shape index (κ2) is 6.24. The summed E-state index contributed by atoms with van der Waals surface area (Å²) >= 11 is 1.58. The molecule has 0 fully saturated rings. The third-order valence-electron chi connectivity index (χ3n) is 3.17. The summed E-state index contributed by atoms with van der Waals surface area (Å²) in [6.45, 7) is 1.98. The summed E-state index contributed by atoms with van der Waals surface area (Å²) in [5, 5.41) is 3.24. The van der Waals surface area contributed by atoms with Gasteiger partial charge in [0.05, 0.1) is 0 Å². The van der Waals surface area contributed by atoms with Crippen molar-refractivity contribution in [3.8, 4) is 0 Å². The molecule has 0 aliphatic rings. The highest BCUT2D eigenvalue weighted by atomic mass is 32.2. The largest absolute Gasteiger partial charge is 0.328 e. The van der Waals surface area contributed by atoms with Gasteiger partial charge in [-0.05, 0) is 53.6 Å². The van der Waals surface area contributed by atoms with E-state index in [9.17, 15) is 0 Å². The number of benzene rings is 2. The molecule has 0 aliphatic heterocycles. The molecule has 106 valence electrons. The van der Waals surface area contributed by atoms with Crippen molar-refractivity contribution in [2.75, 3.05) is 0 Å². The normalized spacial score (nSPS) is 12.5. The Morgan fingerprint density at radius 3 is 2.48 bits per heavy atom. The van der Waals surface area contributed by atoms with Gasteiger partial charge in [0.25, 0.3) is 0 Å². The number of rotatable bonds is 4. The van der Waals surface area contributed by atoms with Gasteiger partial charge in [0.2, 0.25) is 0 Å². The maximum Gasteiger partial charge on any atom is 0.192 e. The SMILES string of the molecule is CC(N)Cc1cnc(Sc2ccc3ccccc3c2)nc1. The molecule has 1 heterocycles. The highest BCUT2D eigenvalue weighted by molar-refractivity contribution is 7.99. The fourth-order valence-electron chi connectivity index (χ4n) is 2.21. The minimum atomic E-state index is 0.132. The van der Waals surface area contributed by atoms with Crippen LogP contribution < -0.4 is 5.73 Å². The van der Waals surface area contributed by atoms with E-state index in [0.29, 0.717) is 0 Å². The Balaban J connectivity index is 1.78. The summed E-state index contributed by atoms with van der Waals surface area (Å²) in [6.07, 6.45) is 4.53. The van der Waals surface area contributed by atoms with Gasteiger partial charge in [0.1, 0.15) is 0 Å². The standard InChI is InChI=1S/C17H17N3S/c1-12(18)8-13-10-19-17(20-11-13)21-16-7-6-14-4-2-3-5-15(14)9-16/h2-7,9-12H,8,18H2,1H3. The second-order valence-electron chi connectivity index (χ2n) is 5.17. The van der Waals surface area contributed by atoms with Crippen LogP contribution in [0.1, 0.15) is 12.5 Å². The molecule has 3 aromatic rings. The topological polar surface area (TPSA) is 51.8 Å². The molecule has 0 amide bonds. The first-order valence-electron chi connectivity index (χ1n) is 6.94. The number of hydrogen-bond donors (Lipinski definition) is 1. The predicted octanol–water partition coefficient (Wildman–Crippen LogP) is 3.67. The molecule has 21 heavy (non-hydrogen) atoms. The number of hydrogen-bond acceptors (Lipinski definition) is 4. The minimum Gasteiger partial charge on any atom is -0.328 e. The number of nitrogens with two attached hydrogens (primary N) is 1. The molecular formula is C17H17N3S. The van der Waals surface area contributed by atoms with Crippen LogP contribution in [0.3, 0.4) is 0 Å². The van der Waals surface area contributed by atoms with Crippen LogP contribution in [0.25, 0.3) is 10.8 Å². The van der Waals surface area contributed by atoms with Gasteiger partial charge in [-0.15, -0.1) is 0 Å². The first-order valence-corrected chi connectivity index (χ1v) is 7.75. The monoisotopic (exact) mass is 295 g/mol. The molecule has 1 unspecified atom stereocenters. The van der Waals surface area contributed by atoms with Gasteiger partial charge >= 0.3 is 0 Å². The third-order valence-corrected chi connectivity index (χ3v) is 4.05. The second-order valence-corrected chi connectivity index (χ2v) is 6.21. The van der Waals surface area contributed by atoms with E-state index in [-0.39, 0.29) is 6.04 Å². The van der Waals surface area contributed by atoms with E-state index in [2.05, 4.69) is 52.4 Å². The van der Waals surface area contributed by atoms with Crippen molar-refractivity contribution >= 4 is 22.5 Å². The van der Waals surface area contributed by atoms with Crippen molar-refractivity contribution in [2.45, 2.75) is 29.4 Å². The summed E-state index contributed by atoms with van der Waals surface area (Å²) in [5.74, 6) is 0. The van der Waals surface area contributed by atoms with Crippen LogP contribution in [0.2, 0.25) is 0 Å². The van der Waals surface area contributed by atoms with Gasteiger partial charge < -0.3 is 5.73 Å². The maximum absolute atomic E-state index is 5.78. The summed E-state index contributed by atoms with van der Waals surface area (Å²) in [4.78, 5) is 9.95. The zero-order valence-electron chi connectivity index (χ0n) is 11.9. The molecule has 3 nitrogen and oxygen atoms in total. The van der Waals surface area contributed by atoms with Crippen molar-refractivity contribution < 1.29 is 0 Å². The Hall–Kier alpha value is -1.91. The molecule has 2 N–H and O–H groups in total. The quantitative estimate of drug-likeness (QED) is 0.746. The Labute approximate surface area is 128 Å². The lowest BCUT2D eigenvalue weighted by atomic mass is 10.1. The molecule has 3 rings (SSSR count). The molecule has 0 saturated heterocycles. The van der Waals surface area contributed by atoms with Crippen molar-refractivity contribution in [2.24, 2.45) is 5.73 Å². The smallest absolute Gasteiger partial charge is 0.192 e. The first kappa shape index (κ1) is 14.0. The van der Waals surface area contributed by atoms with E-state index in [4.69, 9.17) is 5.73 Å². The van der Waals surface area contributed by atoms with Crippen molar-refractivity contribution in [3.63, 3.8) is 0 Å². The van der Waals surface area contributed by atoms with Crippen LogP contribution in [0, 0.1) is 0 Å². The Bertz CT molecular complexity index is 738. The van der Waals surface area contributed by atoms with Crippen molar-refractivity contribution in [1.82, 2.24) is 9.97 Å². The van der Waals surface area contributed by atoms with Gasteiger partial charge in [-0.2, -0.15) is 0 Å². The average Bonchev–Trinajstić information content (AvgIpc) is 2.49. The zero-order valence-corrected chi connectivity index (χ0v) is 12.7. The molecule has 0 bridgehead atoms. The summed E-state index contributed by atoms with van der Waals surface area (Å²) in [6, 6.07) is 14.9. The molecule has 1 atom stereocenters. The van der Waals surface area contributed by atoms with Gasteiger partial charge in [0.15, 0.2) is 5.16 Å². The van der Waals surface area contributed by atoms with Crippen molar-refractivity contribution in [3.05, 3.63) is 60.4 Å². The van der Waals surface area contributed by atoms with E-state index in [0.717, 1.165) is 22.0 Å². The average molecular weight is 295 g/mol. The molecule has 2 aromatic carbocycles. The number of nitrogens with zero attached hydrogens (tertiary/aromatic N) is 2. The fourth-order valence-corrected chi connectivity index (χ4v) is 2.95. The summed E-state index contributed by atoms with van der Waals surface area (Å²) in [5.41, 5.74) is 6.85. The first-order chi connectivity index (χ1) is 10.2. The molecule has 0 saturated carbocycles. The zero-order chi connectivity index (χ0) is 14.7. The maximum atomic E-state index is 5.78. The minimum absolute atomic E-state index is 0.132. The van der Waals surface area contributed by atoms with Crippen LogP contribution in [0.5, 0.6) is 0 Å². The lowest BCUT2D eigenvalue weighted by molar-refractivity contribution is 0.727. The Kier molecular flexibility index (Phi) is 4.18. The Morgan fingerprint density at radius 2 is 1.76 bits per heavy atom. The highest BCUT2D eigenvalue weighted by Crippen LogP contribution is 2.27. The Morgan fingerprint density at radius 1 is 1.05 bits per heavy atom. The van der Waals surface area contributed by atoms with Crippen LogP contribution in [0.15, 0.2) is 64.9 Å². The fraction of sp³-hybridized carbons (Fsp3) is 0.176. The van der Waals surface area contributed by atoms with E-state index >= 15 is 0 Å². The van der Waals surface area contributed by atoms with Crippen LogP contribution >= 0.6 is 11.8 Å². The highest BCUT2D eigenvalue weighted by Gasteiger charge is 2.04. The van der Waals surface area contributed by atoms with Crippen LogP contribution in [0.4, 0.5) is 0 Å². The predicted molar refractivity (Wildman–Crippen MR) is 87.5 cm³/mol. The van der Waals surface area contributed by atoms with E-state index < -0.39 is 0 Å². The van der Waals surface area contributed by atoms with Gasteiger partial charge in [-0.25, -0.2) is 9.97 Å².